The first-order valence-electron chi connectivity index (χ1n) is 8.23. The van der Waals surface area contributed by atoms with Gasteiger partial charge in [0.05, 0.1) is 0 Å². The van der Waals surface area contributed by atoms with Crippen LogP contribution in [0.1, 0.15) is 4.88 Å². The molecule has 0 atom stereocenters. The van der Waals surface area contributed by atoms with E-state index in [9.17, 15) is 4.79 Å². The predicted molar refractivity (Wildman–Crippen MR) is 106 cm³/mol. The van der Waals surface area contributed by atoms with Crippen LogP contribution < -0.4 is 14.8 Å². The third-order valence-electron chi connectivity index (χ3n) is 3.43. The molecule has 2 aromatic carbocycles. The lowest BCUT2D eigenvalue weighted by atomic mass is 10.3. The molecule has 0 aliphatic heterocycles. The van der Waals surface area contributed by atoms with Crippen LogP contribution in [0.5, 0.6) is 11.5 Å². The Morgan fingerprint density at radius 1 is 0.885 bits per heavy atom. The minimum absolute atomic E-state index is 0.164. The second kappa shape index (κ2) is 9.44. The number of carbonyl (C=O) groups excluding carboxylic acids is 1. The van der Waals surface area contributed by atoms with Crippen LogP contribution in [0.4, 0.5) is 5.69 Å². The molecule has 0 saturated heterocycles. The number of ether oxygens (including phenoxy) is 2. The van der Waals surface area contributed by atoms with E-state index < -0.39 is 0 Å². The molecule has 4 nitrogen and oxygen atoms in total. The molecular formula is C21H19NO3S. The summed E-state index contributed by atoms with van der Waals surface area (Å²) in [5.74, 6) is 1.39. The number of benzene rings is 2. The predicted octanol–water partition coefficient (Wildman–Crippen LogP) is 4.86. The molecule has 0 aliphatic carbocycles. The Bertz CT molecular complexity index is 827. The van der Waals surface area contributed by atoms with Gasteiger partial charge in [-0.25, -0.2) is 0 Å². The highest BCUT2D eigenvalue weighted by atomic mass is 32.1. The van der Waals surface area contributed by atoms with E-state index in [1.807, 2.05) is 72.1 Å². The maximum absolute atomic E-state index is 11.9. The van der Waals surface area contributed by atoms with Gasteiger partial charge in [0.2, 0.25) is 5.91 Å². The van der Waals surface area contributed by atoms with Gasteiger partial charge in [0.15, 0.2) is 0 Å². The molecule has 0 saturated carbocycles. The summed E-state index contributed by atoms with van der Waals surface area (Å²) < 4.78 is 11.2. The highest BCUT2D eigenvalue weighted by molar-refractivity contribution is 7.10. The lowest BCUT2D eigenvalue weighted by Crippen LogP contribution is -2.09. The van der Waals surface area contributed by atoms with Crippen LogP contribution in [0.15, 0.2) is 78.2 Å². The van der Waals surface area contributed by atoms with Crippen molar-refractivity contribution in [2.45, 2.75) is 0 Å². The van der Waals surface area contributed by atoms with E-state index in [4.69, 9.17) is 9.47 Å². The molecule has 1 amide bonds. The molecular weight excluding hydrogens is 346 g/mol. The first kappa shape index (κ1) is 17.8. The molecule has 1 heterocycles. The van der Waals surface area contributed by atoms with Crippen LogP contribution in [-0.4, -0.2) is 19.1 Å². The van der Waals surface area contributed by atoms with Crippen LogP contribution in [0.3, 0.4) is 0 Å². The fourth-order valence-corrected chi connectivity index (χ4v) is 2.82. The zero-order valence-corrected chi connectivity index (χ0v) is 14.9. The lowest BCUT2D eigenvalue weighted by Gasteiger charge is -2.09. The lowest BCUT2D eigenvalue weighted by molar-refractivity contribution is -0.111. The highest BCUT2D eigenvalue weighted by Crippen LogP contribution is 2.16. The summed E-state index contributed by atoms with van der Waals surface area (Å²) in [5, 5.41) is 4.79. The number of anilines is 1. The van der Waals surface area contributed by atoms with Crippen molar-refractivity contribution in [3.05, 3.63) is 83.1 Å². The summed E-state index contributed by atoms with van der Waals surface area (Å²) in [7, 11) is 0. The summed E-state index contributed by atoms with van der Waals surface area (Å²) in [6.45, 7) is 0.917. The van der Waals surface area contributed by atoms with E-state index in [-0.39, 0.29) is 5.91 Å². The molecule has 5 heteroatoms. The van der Waals surface area contributed by atoms with Gasteiger partial charge in [-0.15, -0.1) is 11.3 Å². The smallest absolute Gasteiger partial charge is 0.248 e. The van der Waals surface area contributed by atoms with Gasteiger partial charge in [0.1, 0.15) is 24.7 Å². The van der Waals surface area contributed by atoms with Gasteiger partial charge in [-0.1, -0.05) is 24.3 Å². The van der Waals surface area contributed by atoms with Crippen LogP contribution in [0.2, 0.25) is 0 Å². The van der Waals surface area contributed by atoms with Gasteiger partial charge in [-0.3, -0.25) is 4.79 Å². The van der Waals surface area contributed by atoms with Crippen molar-refractivity contribution in [2.24, 2.45) is 0 Å². The Hall–Kier alpha value is -3.05. The Balaban J connectivity index is 1.41. The van der Waals surface area contributed by atoms with E-state index in [1.54, 1.807) is 17.4 Å². The summed E-state index contributed by atoms with van der Waals surface area (Å²) >= 11 is 1.59. The molecule has 0 spiro atoms. The first-order valence-corrected chi connectivity index (χ1v) is 9.11. The highest BCUT2D eigenvalue weighted by Gasteiger charge is 2.00. The summed E-state index contributed by atoms with van der Waals surface area (Å²) in [4.78, 5) is 12.9. The number of para-hydroxylation sites is 1. The van der Waals surface area contributed by atoms with Gasteiger partial charge < -0.3 is 14.8 Å². The minimum Gasteiger partial charge on any atom is -0.490 e. The molecule has 26 heavy (non-hydrogen) atoms. The molecule has 132 valence electrons. The number of hydrogen-bond acceptors (Lipinski definition) is 4. The average Bonchev–Trinajstić information content (AvgIpc) is 3.19. The van der Waals surface area contributed by atoms with Gasteiger partial charge in [0, 0.05) is 16.6 Å². The van der Waals surface area contributed by atoms with Crippen molar-refractivity contribution in [3.63, 3.8) is 0 Å². The molecule has 0 unspecified atom stereocenters. The van der Waals surface area contributed by atoms with Crippen molar-refractivity contribution in [1.82, 2.24) is 0 Å². The molecule has 3 rings (SSSR count). The van der Waals surface area contributed by atoms with E-state index in [2.05, 4.69) is 5.32 Å². The minimum atomic E-state index is -0.164. The van der Waals surface area contributed by atoms with Crippen LogP contribution in [0.25, 0.3) is 6.08 Å². The maximum Gasteiger partial charge on any atom is 0.248 e. The number of rotatable bonds is 8. The van der Waals surface area contributed by atoms with Crippen LogP contribution in [-0.2, 0) is 4.79 Å². The third-order valence-corrected chi connectivity index (χ3v) is 4.27. The standard InChI is InChI=1S/C21H19NO3S/c23-21(13-12-20-7-4-16-26-20)22-17-8-10-19(11-9-17)25-15-14-24-18-5-2-1-3-6-18/h1-13,16H,14-15H2,(H,22,23)/b13-12+. The van der Waals surface area contributed by atoms with Crippen LogP contribution >= 0.6 is 11.3 Å². The molecule has 0 bridgehead atoms. The number of carbonyl (C=O) groups is 1. The van der Waals surface area contributed by atoms with E-state index in [0.717, 1.165) is 22.1 Å². The summed E-state index contributed by atoms with van der Waals surface area (Å²) in [6, 6.07) is 20.8. The zero-order chi connectivity index (χ0) is 18.0. The molecule has 1 aromatic heterocycles. The molecule has 3 aromatic rings. The Morgan fingerprint density at radius 3 is 2.23 bits per heavy atom. The molecule has 1 N–H and O–H groups in total. The van der Waals surface area contributed by atoms with Crippen molar-refractivity contribution in [2.75, 3.05) is 18.5 Å². The number of nitrogens with one attached hydrogen (secondary N) is 1. The Kier molecular flexibility index (Phi) is 6.45. The normalized spacial score (nSPS) is 10.6. The fourth-order valence-electron chi connectivity index (χ4n) is 2.20. The first-order chi connectivity index (χ1) is 12.8. The van der Waals surface area contributed by atoms with Gasteiger partial charge in [-0.2, -0.15) is 0 Å². The van der Waals surface area contributed by atoms with Gasteiger partial charge >= 0.3 is 0 Å². The third kappa shape index (κ3) is 5.79. The van der Waals surface area contributed by atoms with Crippen molar-refractivity contribution < 1.29 is 14.3 Å². The van der Waals surface area contributed by atoms with Crippen molar-refractivity contribution in [1.29, 1.82) is 0 Å². The molecule has 0 aliphatic rings. The van der Waals surface area contributed by atoms with Crippen molar-refractivity contribution in [3.8, 4) is 11.5 Å². The quantitative estimate of drug-likeness (QED) is 0.458. The molecule has 0 fully saturated rings. The largest absolute Gasteiger partial charge is 0.490 e. The number of thiophene rings is 1. The number of amides is 1. The van der Waals surface area contributed by atoms with Gasteiger partial charge in [0.25, 0.3) is 0 Å². The second-order valence-corrected chi connectivity index (χ2v) is 6.35. The molecule has 0 radical (unpaired) electrons. The Labute approximate surface area is 156 Å². The monoisotopic (exact) mass is 365 g/mol. The Morgan fingerprint density at radius 2 is 1.58 bits per heavy atom. The topological polar surface area (TPSA) is 47.6 Å². The average molecular weight is 365 g/mol. The summed E-state index contributed by atoms with van der Waals surface area (Å²) in [6.07, 6.45) is 3.32. The number of hydrogen-bond donors (Lipinski definition) is 1. The van der Waals surface area contributed by atoms with E-state index in [0.29, 0.717) is 13.2 Å². The SMILES string of the molecule is O=C(/C=C/c1cccs1)Nc1ccc(OCCOc2ccccc2)cc1. The summed E-state index contributed by atoms with van der Waals surface area (Å²) in [5.41, 5.74) is 0.721. The maximum atomic E-state index is 11.9. The van der Waals surface area contributed by atoms with Gasteiger partial charge in [-0.05, 0) is 53.9 Å². The zero-order valence-electron chi connectivity index (χ0n) is 14.1. The van der Waals surface area contributed by atoms with Crippen LogP contribution in [0, 0.1) is 0 Å². The second-order valence-electron chi connectivity index (χ2n) is 5.37. The van der Waals surface area contributed by atoms with E-state index in [1.165, 1.54) is 6.08 Å². The van der Waals surface area contributed by atoms with E-state index >= 15 is 0 Å². The van der Waals surface area contributed by atoms with Crippen molar-refractivity contribution >= 4 is 29.0 Å². The fraction of sp³-hybridized carbons (Fsp3) is 0.0952.